The van der Waals surface area contributed by atoms with Gasteiger partial charge in [0.2, 0.25) is 0 Å². The Hall–Kier alpha value is -1.55. The molecule has 472 valence electrons. The second-order valence-corrected chi connectivity index (χ2v) is 23.6. The molecule has 24 heteroatoms. The number of rotatable bonds is 45. The van der Waals surface area contributed by atoms with Crippen molar-refractivity contribution < 1.29 is 113 Å². The Kier molecular flexibility index (Phi) is 37.7. The summed E-state index contributed by atoms with van der Waals surface area (Å²) in [4.78, 5) is 37.5. The van der Waals surface area contributed by atoms with Crippen molar-refractivity contribution in [1.82, 2.24) is 0 Å². The largest absolute Gasteiger partial charge is 0.472 e. The molecule has 0 radical (unpaired) electrons. The molecule has 0 amide bonds. The molecule has 0 spiro atoms. The van der Waals surface area contributed by atoms with Crippen LogP contribution in [0.25, 0.3) is 0 Å². The number of carbonyl (C=O) groups is 2. The fraction of sp³-hybridized carbons (Fsp3) is 0.964. The zero-order chi connectivity index (χ0) is 58.9. The van der Waals surface area contributed by atoms with E-state index in [9.17, 15) is 75.2 Å². The van der Waals surface area contributed by atoms with E-state index in [0.717, 1.165) is 57.8 Å². The lowest BCUT2D eigenvalue weighted by Gasteiger charge is -2.49. The predicted molar refractivity (Wildman–Crippen MR) is 291 cm³/mol. The van der Waals surface area contributed by atoms with Gasteiger partial charge in [0.05, 0.1) is 19.8 Å². The zero-order valence-electron chi connectivity index (χ0n) is 47.9. The van der Waals surface area contributed by atoms with E-state index in [4.69, 9.17) is 37.5 Å². The molecule has 0 aromatic carbocycles. The monoisotopic (exact) mass is 1180 g/mol. The standard InChI is InChI=1S/C56H105O23P/c1-3-5-7-9-11-13-15-17-18-19-21-22-24-26-28-30-32-41(59)72-36-38(74-42(60)33-31-29-27-25-23-20-16-14-12-10-8-6-4-2)37-73-80(70,71)79-54-52(77-55-50(68)45(63)43(61)39(34-57)75-55)48(66)47(65)49(67)53(54)78-56-51(69)46(64)44(62)40(35-58)76-56/h38-40,43-58,61-69H,3-37H2,1-2H3,(H,70,71). The molecular weight excluding hydrogens is 1070 g/mol. The maximum atomic E-state index is 14.0. The van der Waals surface area contributed by atoms with E-state index in [-0.39, 0.29) is 12.8 Å². The van der Waals surface area contributed by atoms with E-state index < -0.39 is 150 Å². The number of phosphoric ester groups is 1. The van der Waals surface area contributed by atoms with Crippen molar-refractivity contribution in [3.8, 4) is 0 Å². The fourth-order valence-electron chi connectivity index (χ4n) is 10.4. The van der Waals surface area contributed by atoms with Gasteiger partial charge in [-0.15, -0.1) is 0 Å². The highest BCUT2D eigenvalue weighted by atomic mass is 31.2. The van der Waals surface area contributed by atoms with Gasteiger partial charge in [-0.25, -0.2) is 4.57 Å². The van der Waals surface area contributed by atoms with E-state index in [0.29, 0.717) is 12.8 Å². The number of aliphatic hydroxyl groups excluding tert-OH is 11. The minimum absolute atomic E-state index is 0.0250. The normalized spacial score (nSPS) is 31.2. The Bertz CT molecular complexity index is 1600. The molecule has 0 bridgehead atoms. The summed E-state index contributed by atoms with van der Waals surface area (Å²) in [6.07, 6.45) is -2.06. The molecule has 80 heavy (non-hydrogen) atoms. The molecule has 1 saturated carbocycles. The maximum absolute atomic E-state index is 14.0. The number of aliphatic hydroxyl groups is 11. The van der Waals surface area contributed by atoms with Crippen molar-refractivity contribution in [3.63, 3.8) is 0 Å². The van der Waals surface area contributed by atoms with Crippen molar-refractivity contribution in [2.45, 2.75) is 317 Å². The summed E-state index contributed by atoms with van der Waals surface area (Å²) >= 11 is 0. The average Bonchev–Trinajstić information content (AvgIpc) is 3.44. The van der Waals surface area contributed by atoms with E-state index in [1.54, 1.807) is 0 Å². The number of esters is 2. The number of hydrogen-bond acceptors (Lipinski definition) is 22. The molecule has 0 aromatic heterocycles. The van der Waals surface area contributed by atoms with Crippen LogP contribution in [-0.4, -0.2) is 204 Å². The molecule has 3 fully saturated rings. The Morgan fingerprint density at radius 1 is 0.425 bits per heavy atom. The van der Waals surface area contributed by atoms with Crippen molar-refractivity contribution in [2.75, 3.05) is 26.4 Å². The molecule has 1 aliphatic carbocycles. The zero-order valence-corrected chi connectivity index (χ0v) is 48.8. The molecule has 12 N–H and O–H groups in total. The van der Waals surface area contributed by atoms with Crippen LogP contribution in [0.5, 0.6) is 0 Å². The molecule has 2 saturated heterocycles. The number of ether oxygens (including phenoxy) is 6. The number of hydrogen-bond donors (Lipinski definition) is 12. The minimum atomic E-state index is -5.63. The molecule has 0 aromatic rings. The van der Waals surface area contributed by atoms with Crippen LogP contribution < -0.4 is 0 Å². The van der Waals surface area contributed by atoms with Crippen LogP contribution >= 0.6 is 7.82 Å². The van der Waals surface area contributed by atoms with Crippen molar-refractivity contribution >= 4 is 19.8 Å². The van der Waals surface area contributed by atoms with Crippen molar-refractivity contribution in [1.29, 1.82) is 0 Å². The molecule has 3 rings (SSSR count). The summed E-state index contributed by atoms with van der Waals surface area (Å²) in [7, 11) is -5.63. The highest BCUT2D eigenvalue weighted by molar-refractivity contribution is 7.47. The summed E-state index contributed by atoms with van der Waals surface area (Å²) in [5, 5.41) is 117. The lowest BCUT2D eigenvalue weighted by atomic mass is 9.84. The van der Waals surface area contributed by atoms with Gasteiger partial charge in [-0.1, -0.05) is 187 Å². The topological polar surface area (TPSA) is 368 Å². The summed E-state index contributed by atoms with van der Waals surface area (Å²) in [6.45, 7) is 1.03. The quantitative estimate of drug-likeness (QED) is 0.0226. The Morgan fingerprint density at radius 2 is 0.750 bits per heavy atom. The van der Waals surface area contributed by atoms with Crippen LogP contribution in [0.3, 0.4) is 0 Å². The molecule has 2 heterocycles. The fourth-order valence-corrected chi connectivity index (χ4v) is 11.3. The second-order valence-electron chi connectivity index (χ2n) is 22.2. The smallest absolute Gasteiger partial charge is 0.462 e. The third-order valence-electron chi connectivity index (χ3n) is 15.4. The van der Waals surface area contributed by atoms with Gasteiger partial charge in [-0.05, 0) is 12.8 Å². The molecule has 16 atom stereocenters. The minimum Gasteiger partial charge on any atom is -0.462 e. The first-order valence-corrected chi connectivity index (χ1v) is 31.9. The van der Waals surface area contributed by atoms with Crippen LogP contribution in [0.4, 0.5) is 0 Å². The first-order chi connectivity index (χ1) is 38.4. The summed E-state index contributed by atoms with van der Waals surface area (Å²) in [6, 6.07) is 0. The van der Waals surface area contributed by atoms with Gasteiger partial charge in [-0.2, -0.15) is 0 Å². The van der Waals surface area contributed by atoms with Crippen LogP contribution in [0.1, 0.15) is 213 Å². The average molecular weight is 1180 g/mol. The van der Waals surface area contributed by atoms with Gasteiger partial charge in [0.15, 0.2) is 18.7 Å². The van der Waals surface area contributed by atoms with E-state index in [2.05, 4.69) is 13.8 Å². The number of unbranched alkanes of at least 4 members (excludes halogenated alkanes) is 27. The number of phosphoric acid groups is 1. The molecular formula is C56H105O23P. The van der Waals surface area contributed by atoms with Gasteiger partial charge in [0.1, 0.15) is 92.1 Å². The molecule has 3 aliphatic rings. The van der Waals surface area contributed by atoms with Crippen LogP contribution in [0.15, 0.2) is 0 Å². The summed E-state index contributed by atoms with van der Waals surface area (Å²) in [5.41, 5.74) is 0. The summed E-state index contributed by atoms with van der Waals surface area (Å²) in [5.74, 6) is -1.32. The van der Waals surface area contributed by atoms with Gasteiger partial charge in [0, 0.05) is 12.8 Å². The van der Waals surface area contributed by atoms with Crippen molar-refractivity contribution in [3.05, 3.63) is 0 Å². The van der Waals surface area contributed by atoms with Gasteiger partial charge in [0.25, 0.3) is 0 Å². The third kappa shape index (κ3) is 26.8. The second kappa shape index (κ2) is 41.5. The van der Waals surface area contributed by atoms with Gasteiger partial charge in [-0.3, -0.25) is 18.6 Å². The highest BCUT2D eigenvalue weighted by Crippen LogP contribution is 2.49. The molecule has 23 nitrogen and oxygen atoms in total. The Balaban J connectivity index is 1.68. The summed E-state index contributed by atoms with van der Waals surface area (Å²) < 4.78 is 58.2. The van der Waals surface area contributed by atoms with Gasteiger partial charge < -0.3 is 89.5 Å². The molecule has 16 unspecified atom stereocenters. The first kappa shape index (κ1) is 72.7. The van der Waals surface area contributed by atoms with Crippen LogP contribution in [-0.2, 0) is 51.6 Å². The molecule has 2 aliphatic heterocycles. The first-order valence-electron chi connectivity index (χ1n) is 30.4. The van der Waals surface area contributed by atoms with Crippen LogP contribution in [0, 0.1) is 0 Å². The lowest BCUT2D eigenvalue weighted by molar-refractivity contribution is -0.360. The van der Waals surface area contributed by atoms with E-state index in [1.165, 1.54) is 116 Å². The SMILES string of the molecule is CCCCCCCCCCCCCCCCCCC(=O)OCC(COP(=O)(O)OC1C(OC2OC(CO)C(O)C(O)C2O)C(O)C(O)C(O)C1OC1OC(CO)C(O)C(O)C1O)OC(=O)CCCCCCCCCCCCCCC. The van der Waals surface area contributed by atoms with Crippen molar-refractivity contribution in [2.24, 2.45) is 0 Å². The number of carbonyl (C=O) groups excluding carboxylic acids is 2. The lowest BCUT2D eigenvalue weighted by Crippen LogP contribution is -2.69. The third-order valence-corrected chi connectivity index (χ3v) is 16.4. The Morgan fingerprint density at radius 3 is 1.10 bits per heavy atom. The highest BCUT2D eigenvalue weighted by Gasteiger charge is 2.58. The Labute approximate surface area is 474 Å². The van der Waals surface area contributed by atoms with Gasteiger partial charge >= 0.3 is 19.8 Å². The van der Waals surface area contributed by atoms with Crippen LogP contribution in [0.2, 0.25) is 0 Å². The van der Waals surface area contributed by atoms with E-state index in [1.807, 2.05) is 0 Å². The van der Waals surface area contributed by atoms with E-state index >= 15 is 0 Å². The maximum Gasteiger partial charge on any atom is 0.472 e. The predicted octanol–water partition coefficient (Wildman–Crippen LogP) is 4.54.